The van der Waals surface area contributed by atoms with Crippen molar-refractivity contribution in [2.24, 2.45) is 11.7 Å². The van der Waals surface area contributed by atoms with Crippen LogP contribution in [0.3, 0.4) is 0 Å². The Labute approximate surface area is 151 Å². The van der Waals surface area contributed by atoms with Gasteiger partial charge in [-0.2, -0.15) is 0 Å². The molecule has 2 aromatic rings. The van der Waals surface area contributed by atoms with Gasteiger partial charge in [0.25, 0.3) is 11.8 Å². The van der Waals surface area contributed by atoms with E-state index in [1.807, 2.05) is 0 Å². The van der Waals surface area contributed by atoms with Crippen LogP contribution < -0.4 is 11.1 Å². The minimum atomic E-state index is -0.627. The van der Waals surface area contributed by atoms with Gasteiger partial charge in [0.05, 0.1) is 11.1 Å². The fraction of sp³-hybridized carbons (Fsp3) is 0.294. The maximum atomic E-state index is 14.0. The number of anilines is 1. The van der Waals surface area contributed by atoms with Crippen LogP contribution in [0.25, 0.3) is 0 Å². The van der Waals surface area contributed by atoms with Crippen molar-refractivity contribution in [3.63, 3.8) is 0 Å². The van der Waals surface area contributed by atoms with Crippen LogP contribution in [0.4, 0.5) is 9.39 Å². The standard InChI is InChI=1S/C17H16BrFN2O2S/c1-8-2-4-11-13(6-8)24-17(14(11)15(20)22)21-16(23)10-5-3-9(18)7-12(10)19/h3,5,7-8H,2,4,6H2,1H3,(H2,20,22)(H,21,23)/t8-/m1/s1. The number of carbonyl (C=O) groups is 2. The molecule has 0 saturated carbocycles. The Balaban J connectivity index is 1.95. The van der Waals surface area contributed by atoms with Crippen molar-refractivity contribution in [2.45, 2.75) is 26.2 Å². The minimum absolute atomic E-state index is 0.0756. The quantitative estimate of drug-likeness (QED) is 0.798. The Hall–Kier alpha value is -1.73. The number of benzene rings is 1. The Bertz CT molecular complexity index is 834. The summed E-state index contributed by atoms with van der Waals surface area (Å²) in [7, 11) is 0. The molecule has 1 aliphatic rings. The van der Waals surface area contributed by atoms with Crippen LogP contribution >= 0.6 is 27.3 Å². The molecule has 0 bridgehead atoms. The molecule has 24 heavy (non-hydrogen) atoms. The number of nitrogens with one attached hydrogen (secondary N) is 1. The van der Waals surface area contributed by atoms with Crippen LogP contribution in [0.15, 0.2) is 22.7 Å². The summed E-state index contributed by atoms with van der Waals surface area (Å²) >= 11 is 4.52. The van der Waals surface area contributed by atoms with Crippen molar-refractivity contribution >= 4 is 44.1 Å². The molecule has 126 valence electrons. The van der Waals surface area contributed by atoms with E-state index in [2.05, 4.69) is 28.2 Å². The molecule has 0 radical (unpaired) electrons. The lowest BCUT2D eigenvalue weighted by Crippen LogP contribution is -2.19. The van der Waals surface area contributed by atoms with Gasteiger partial charge in [0, 0.05) is 9.35 Å². The van der Waals surface area contributed by atoms with E-state index < -0.39 is 17.6 Å². The largest absolute Gasteiger partial charge is 0.365 e. The molecule has 0 fully saturated rings. The first-order chi connectivity index (χ1) is 11.4. The van der Waals surface area contributed by atoms with Gasteiger partial charge < -0.3 is 11.1 Å². The second-order valence-corrected chi connectivity index (χ2v) is 8.02. The molecule has 3 rings (SSSR count). The van der Waals surface area contributed by atoms with Crippen molar-refractivity contribution in [1.82, 2.24) is 0 Å². The first-order valence-electron chi connectivity index (χ1n) is 7.57. The summed E-state index contributed by atoms with van der Waals surface area (Å²) in [6, 6.07) is 4.22. The number of amides is 2. The lowest BCUT2D eigenvalue weighted by molar-refractivity contribution is 0.1000. The fourth-order valence-electron chi connectivity index (χ4n) is 2.94. The number of primary amides is 1. The molecule has 1 aromatic carbocycles. The van der Waals surface area contributed by atoms with E-state index in [-0.39, 0.29) is 5.56 Å². The molecular formula is C17H16BrFN2O2S. The van der Waals surface area contributed by atoms with Crippen molar-refractivity contribution in [2.75, 3.05) is 5.32 Å². The van der Waals surface area contributed by atoms with Gasteiger partial charge in [-0.25, -0.2) is 4.39 Å². The van der Waals surface area contributed by atoms with E-state index in [0.29, 0.717) is 21.0 Å². The SMILES string of the molecule is C[C@@H]1CCc2c(sc(NC(=O)c3ccc(Br)cc3F)c2C(N)=O)C1. The number of halogens is 2. The smallest absolute Gasteiger partial charge is 0.259 e. The van der Waals surface area contributed by atoms with Gasteiger partial charge in [-0.05, 0) is 48.9 Å². The summed E-state index contributed by atoms with van der Waals surface area (Å²) in [6.45, 7) is 2.15. The maximum absolute atomic E-state index is 14.0. The van der Waals surface area contributed by atoms with Gasteiger partial charge in [0.15, 0.2) is 0 Å². The Morgan fingerprint density at radius 3 is 2.83 bits per heavy atom. The highest BCUT2D eigenvalue weighted by atomic mass is 79.9. The Morgan fingerprint density at radius 1 is 1.42 bits per heavy atom. The molecule has 7 heteroatoms. The molecule has 2 amide bonds. The second kappa shape index (κ2) is 6.64. The molecule has 1 atom stereocenters. The molecule has 4 nitrogen and oxygen atoms in total. The third kappa shape index (κ3) is 3.23. The maximum Gasteiger partial charge on any atom is 0.259 e. The number of hydrogen-bond donors (Lipinski definition) is 2. The van der Waals surface area contributed by atoms with Crippen LogP contribution in [0.2, 0.25) is 0 Å². The molecule has 1 aliphatic carbocycles. The fourth-order valence-corrected chi connectivity index (χ4v) is 4.69. The van der Waals surface area contributed by atoms with Gasteiger partial charge >= 0.3 is 0 Å². The van der Waals surface area contributed by atoms with Crippen molar-refractivity contribution in [1.29, 1.82) is 0 Å². The summed E-state index contributed by atoms with van der Waals surface area (Å²) in [4.78, 5) is 25.3. The van der Waals surface area contributed by atoms with Crippen molar-refractivity contribution < 1.29 is 14.0 Å². The molecular weight excluding hydrogens is 395 g/mol. The molecule has 0 saturated heterocycles. The highest BCUT2D eigenvalue weighted by Crippen LogP contribution is 2.39. The monoisotopic (exact) mass is 410 g/mol. The number of nitrogens with two attached hydrogens (primary N) is 1. The van der Waals surface area contributed by atoms with Crippen molar-refractivity contribution in [3.8, 4) is 0 Å². The number of hydrogen-bond acceptors (Lipinski definition) is 3. The Morgan fingerprint density at radius 2 is 2.17 bits per heavy atom. The lowest BCUT2D eigenvalue weighted by Gasteiger charge is -2.18. The normalized spacial score (nSPS) is 16.5. The predicted molar refractivity (Wildman–Crippen MR) is 96.1 cm³/mol. The van der Waals surface area contributed by atoms with Crippen molar-refractivity contribution in [3.05, 3.63) is 50.1 Å². The molecule has 1 aromatic heterocycles. The Kier molecular flexibility index (Phi) is 4.73. The van der Waals surface area contributed by atoms with Crippen LogP contribution in [-0.2, 0) is 12.8 Å². The molecule has 0 aliphatic heterocycles. The van der Waals surface area contributed by atoms with E-state index in [4.69, 9.17) is 5.73 Å². The van der Waals surface area contributed by atoms with Gasteiger partial charge in [-0.15, -0.1) is 11.3 Å². The van der Waals surface area contributed by atoms with Gasteiger partial charge in [-0.1, -0.05) is 22.9 Å². The summed E-state index contributed by atoms with van der Waals surface area (Å²) in [5.74, 6) is -1.25. The molecule has 1 heterocycles. The zero-order valence-corrected chi connectivity index (χ0v) is 15.4. The highest BCUT2D eigenvalue weighted by Gasteiger charge is 2.27. The van der Waals surface area contributed by atoms with E-state index in [0.717, 1.165) is 29.7 Å². The van der Waals surface area contributed by atoms with Gasteiger partial charge in [0.2, 0.25) is 0 Å². The zero-order valence-electron chi connectivity index (χ0n) is 13.0. The summed E-state index contributed by atoms with van der Waals surface area (Å²) in [5.41, 5.74) is 6.74. The molecule has 0 unspecified atom stereocenters. The molecule has 3 N–H and O–H groups in total. The number of rotatable bonds is 3. The van der Waals surface area contributed by atoms with Crippen LogP contribution in [0.5, 0.6) is 0 Å². The van der Waals surface area contributed by atoms with Crippen LogP contribution in [-0.4, -0.2) is 11.8 Å². The average Bonchev–Trinajstić information content (AvgIpc) is 2.83. The van der Waals surface area contributed by atoms with E-state index >= 15 is 0 Å². The summed E-state index contributed by atoms with van der Waals surface area (Å²) < 4.78 is 14.5. The topological polar surface area (TPSA) is 72.2 Å². The van der Waals surface area contributed by atoms with Crippen LogP contribution in [0, 0.1) is 11.7 Å². The number of carbonyl (C=O) groups excluding carboxylic acids is 2. The van der Waals surface area contributed by atoms with Gasteiger partial charge in [0.1, 0.15) is 10.8 Å². The van der Waals surface area contributed by atoms with E-state index in [9.17, 15) is 14.0 Å². The third-order valence-corrected chi connectivity index (χ3v) is 5.82. The van der Waals surface area contributed by atoms with E-state index in [1.54, 1.807) is 6.07 Å². The number of thiophene rings is 1. The highest BCUT2D eigenvalue weighted by molar-refractivity contribution is 9.10. The molecule has 0 spiro atoms. The minimum Gasteiger partial charge on any atom is -0.365 e. The summed E-state index contributed by atoms with van der Waals surface area (Å²) in [5, 5.41) is 3.07. The van der Waals surface area contributed by atoms with Gasteiger partial charge in [-0.3, -0.25) is 9.59 Å². The predicted octanol–water partition coefficient (Wildman–Crippen LogP) is 4.13. The van der Waals surface area contributed by atoms with Crippen LogP contribution in [0.1, 0.15) is 44.5 Å². The second-order valence-electron chi connectivity index (χ2n) is 6.00. The third-order valence-electron chi connectivity index (χ3n) is 4.16. The number of fused-ring (bicyclic) bond motifs is 1. The lowest BCUT2D eigenvalue weighted by atomic mass is 9.88. The van der Waals surface area contributed by atoms with E-state index in [1.165, 1.54) is 23.5 Å². The first-order valence-corrected chi connectivity index (χ1v) is 9.18. The average molecular weight is 411 g/mol. The summed E-state index contributed by atoms with van der Waals surface area (Å²) in [6.07, 6.45) is 2.62. The first kappa shape index (κ1) is 17.1. The zero-order chi connectivity index (χ0) is 17.4.